The van der Waals surface area contributed by atoms with Crippen molar-refractivity contribution in [1.29, 1.82) is 0 Å². The molecule has 0 saturated heterocycles. The van der Waals surface area contributed by atoms with Gasteiger partial charge in [0.25, 0.3) is 0 Å². The number of anilines is 1. The molecule has 2 N–H and O–H groups in total. The largest absolute Gasteiger partial charge is 0.418 e. The number of fused-ring (bicyclic) bond motifs is 1. The molecule has 0 unspecified atom stereocenters. The molecule has 0 aliphatic heterocycles. The Balaban J connectivity index is 1.79. The van der Waals surface area contributed by atoms with Gasteiger partial charge in [0, 0.05) is 29.0 Å². The summed E-state index contributed by atoms with van der Waals surface area (Å²) in [6, 6.07) is 10.0. The van der Waals surface area contributed by atoms with Crippen molar-refractivity contribution in [2.24, 2.45) is 0 Å². The second-order valence-electron chi connectivity index (χ2n) is 6.78. The van der Waals surface area contributed by atoms with Crippen LogP contribution < -0.4 is 10.6 Å². The van der Waals surface area contributed by atoms with Crippen LogP contribution in [0.4, 0.5) is 23.7 Å². The van der Waals surface area contributed by atoms with E-state index >= 15 is 0 Å². The summed E-state index contributed by atoms with van der Waals surface area (Å²) in [6.07, 6.45) is 0.890. The molecule has 0 spiro atoms. The molecule has 32 heavy (non-hydrogen) atoms. The molecule has 1 atom stereocenters. The Morgan fingerprint density at radius 2 is 1.81 bits per heavy atom. The van der Waals surface area contributed by atoms with Crippen molar-refractivity contribution in [2.75, 3.05) is 5.32 Å². The predicted octanol–water partition coefficient (Wildman–Crippen LogP) is 5.61. The first-order valence-electron chi connectivity index (χ1n) is 9.37. The Hall–Kier alpha value is -3.72. The molecule has 6 nitrogen and oxygen atoms in total. The summed E-state index contributed by atoms with van der Waals surface area (Å²) in [5, 5.41) is 6.04. The molecule has 162 valence electrons. The maximum Gasteiger partial charge on any atom is 0.418 e. The molecular formula is C22H15ClF3N5O. The van der Waals surface area contributed by atoms with Gasteiger partial charge < -0.3 is 10.6 Å². The van der Waals surface area contributed by atoms with E-state index in [1.165, 1.54) is 30.9 Å². The van der Waals surface area contributed by atoms with Gasteiger partial charge in [0.1, 0.15) is 6.04 Å². The van der Waals surface area contributed by atoms with Gasteiger partial charge in [-0.3, -0.25) is 15.0 Å². The second-order valence-corrected chi connectivity index (χ2v) is 7.19. The van der Waals surface area contributed by atoms with E-state index in [2.05, 4.69) is 25.6 Å². The van der Waals surface area contributed by atoms with Crippen molar-refractivity contribution < 1.29 is 18.0 Å². The van der Waals surface area contributed by atoms with E-state index in [-0.39, 0.29) is 11.3 Å². The number of hydrogen-bond acceptors (Lipinski definition) is 4. The van der Waals surface area contributed by atoms with Gasteiger partial charge in [-0.25, -0.2) is 4.79 Å². The van der Waals surface area contributed by atoms with Crippen LogP contribution in [0.25, 0.3) is 10.9 Å². The average Bonchev–Trinajstić information content (AvgIpc) is 2.78. The second kappa shape index (κ2) is 8.80. The minimum absolute atomic E-state index is 0.288. The minimum Gasteiger partial charge on any atom is -0.325 e. The van der Waals surface area contributed by atoms with Crippen LogP contribution in [0.5, 0.6) is 0 Å². The number of rotatable bonds is 4. The third-order valence-corrected chi connectivity index (χ3v) is 4.97. The molecule has 3 heterocycles. The fourth-order valence-electron chi connectivity index (χ4n) is 3.22. The molecule has 0 radical (unpaired) electrons. The summed E-state index contributed by atoms with van der Waals surface area (Å²) >= 11 is 6.25. The molecule has 0 bridgehead atoms. The van der Waals surface area contributed by atoms with Gasteiger partial charge in [0.2, 0.25) is 0 Å². The summed E-state index contributed by atoms with van der Waals surface area (Å²) < 4.78 is 41.1. The highest BCUT2D eigenvalue weighted by Crippen LogP contribution is 2.36. The first-order valence-corrected chi connectivity index (χ1v) is 9.74. The van der Waals surface area contributed by atoms with Gasteiger partial charge >= 0.3 is 12.2 Å². The van der Waals surface area contributed by atoms with Crippen LogP contribution in [-0.2, 0) is 6.18 Å². The molecule has 3 aromatic heterocycles. The molecule has 0 fully saturated rings. The Morgan fingerprint density at radius 1 is 1.00 bits per heavy atom. The monoisotopic (exact) mass is 457 g/mol. The third-order valence-electron chi connectivity index (χ3n) is 4.64. The number of nitrogens with one attached hydrogen (secondary N) is 2. The molecule has 4 rings (SSSR count). The molecular weight excluding hydrogens is 443 g/mol. The van der Waals surface area contributed by atoms with Crippen LogP contribution in [0.2, 0.25) is 5.02 Å². The molecule has 0 saturated carbocycles. The molecule has 10 heteroatoms. The van der Waals surface area contributed by atoms with Gasteiger partial charge in [0.05, 0.1) is 28.7 Å². The zero-order chi connectivity index (χ0) is 22.7. The number of carbonyl (C=O) groups is 1. The lowest BCUT2D eigenvalue weighted by molar-refractivity contribution is -0.138. The van der Waals surface area contributed by atoms with E-state index in [9.17, 15) is 18.0 Å². The predicted molar refractivity (Wildman–Crippen MR) is 114 cm³/mol. The third kappa shape index (κ3) is 4.62. The summed E-state index contributed by atoms with van der Waals surface area (Å²) in [6.45, 7) is 0. The molecule has 4 aromatic rings. The minimum atomic E-state index is -4.68. The highest BCUT2D eigenvalue weighted by Gasteiger charge is 2.37. The van der Waals surface area contributed by atoms with Crippen LogP contribution >= 0.6 is 11.6 Å². The van der Waals surface area contributed by atoms with E-state index in [0.29, 0.717) is 21.6 Å². The quantitative estimate of drug-likeness (QED) is 0.417. The van der Waals surface area contributed by atoms with E-state index in [1.807, 2.05) is 0 Å². The van der Waals surface area contributed by atoms with Gasteiger partial charge in [0.15, 0.2) is 0 Å². The number of hydrogen-bond donors (Lipinski definition) is 2. The normalized spacial score (nSPS) is 12.4. The number of urea groups is 1. The average molecular weight is 458 g/mol. The highest BCUT2D eigenvalue weighted by atomic mass is 35.5. The van der Waals surface area contributed by atoms with Gasteiger partial charge in [-0.05, 0) is 48.0 Å². The molecule has 0 aliphatic carbocycles. The summed E-state index contributed by atoms with van der Waals surface area (Å²) in [7, 11) is 0. The first kappa shape index (κ1) is 21.5. The van der Waals surface area contributed by atoms with Crippen molar-refractivity contribution >= 4 is 34.2 Å². The van der Waals surface area contributed by atoms with Crippen LogP contribution in [0.3, 0.4) is 0 Å². The zero-order valence-electron chi connectivity index (χ0n) is 16.3. The van der Waals surface area contributed by atoms with Crippen molar-refractivity contribution in [3.8, 4) is 0 Å². The lowest BCUT2D eigenvalue weighted by Crippen LogP contribution is -2.35. The number of aromatic nitrogens is 3. The van der Waals surface area contributed by atoms with Crippen LogP contribution in [0.1, 0.15) is 22.9 Å². The van der Waals surface area contributed by atoms with Crippen molar-refractivity contribution in [2.45, 2.75) is 12.2 Å². The van der Waals surface area contributed by atoms with Gasteiger partial charge in [-0.15, -0.1) is 0 Å². The van der Waals surface area contributed by atoms with Crippen molar-refractivity contribution in [3.63, 3.8) is 0 Å². The highest BCUT2D eigenvalue weighted by molar-refractivity contribution is 6.35. The van der Waals surface area contributed by atoms with Gasteiger partial charge in [-0.2, -0.15) is 13.2 Å². The summed E-state index contributed by atoms with van der Waals surface area (Å²) in [4.78, 5) is 24.8. The molecule has 2 amide bonds. The van der Waals surface area contributed by atoms with Crippen LogP contribution in [0, 0.1) is 0 Å². The Bertz CT molecular complexity index is 1270. The number of alkyl halides is 3. The van der Waals surface area contributed by atoms with E-state index in [0.717, 1.165) is 6.07 Å². The molecule has 0 aliphatic rings. The Morgan fingerprint density at radius 3 is 2.56 bits per heavy atom. The first-order chi connectivity index (χ1) is 15.3. The van der Waals surface area contributed by atoms with Crippen LogP contribution in [-0.4, -0.2) is 21.0 Å². The van der Waals surface area contributed by atoms with Crippen molar-refractivity contribution in [1.82, 2.24) is 20.3 Å². The Labute approximate surface area is 185 Å². The number of nitrogens with zero attached hydrogens (tertiary/aromatic N) is 3. The SMILES string of the molecule is O=C(Nc1cccnc1)N[C@@H](c1cnc2cccc(Cl)c2c1)c1ncccc1C(F)(F)F. The standard InChI is InChI=1S/C22H15ClF3N5O/c23-17-6-1-7-18-15(17)10-13(11-29-18)19(20-16(22(24,25)26)5-3-9-28-20)31-21(32)30-14-4-2-8-27-12-14/h1-12,19H,(H2,30,31,32)/t19-/m0/s1. The van der Waals surface area contributed by atoms with E-state index in [1.54, 1.807) is 36.4 Å². The summed E-state index contributed by atoms with van der Waals surface area (Å²) in [5.74, 6) is 0. The van der Waals surface area contributed by atoms with E-state index in [4.69, 9.17) is 11.6 Å². The number of amides is 2. The fourth-order valence-corrected chi connectivity index (χ4v) is 3.44. The zero-order valence-corrected chi connectivity index (χ0v) is 17.0. The molecule has 1 aromatic carbocycles. The fraction of sp³-hybridized carbons (Fsp3) is 0.0909. The number of benzene rings is 1. The van der Waals surface area contributed by atoms with Crippen molar-refractivity contribution in [3.05, 3.63) is 95.2 Å². The van der Waals surface area contributed by atoms with Gasteiger partial charge in [-0.1, -0.05) is 17.7 Å². The van der Waals surface area contributed by atoms with E-state index < -0.39 is 23.8 Å². The Kier molecular flexibility index (Phi) is 5.91. The number of halogens is 4. The maximum atomic E-state index is 13.7. The lowest BCUT2D eigenvalue weighted by atomic mass is 9.99. The summed E-state index contributed by atoms with van der Waals surface area (Å²) in [5.41, 5.74) is -0.103. The van der Waals surface area contributed by atoms with Crippen LogP contribution in [0.15, 0.2) is 73.3 Å². The number of carbonyl (C=O) groups excluding carboxylic acids is 1. The smallest absolute Gasteiger partial charge is 0.325 e. The maximum absolute atomic E-state index is 13.7. The number of pyridine rings is 3. The lowest BCUT2D eigenvalue weighted by Gasteiger charge is -2.22. The topological polar surface area (TPSA) is 79.8 Å².